The number of rotatable bonds is 14. The van der Waals surface area contributed by atoms with Gasteiger partial charge in [0.15, 0.2) is 0 Å². The first-order valence-electron chi connectivity index (χ1n) is 16.4. The zero-order valence-electron chi connectivity index (χ0n) is 27.1. The summed E-state index contributed by atoms with van der Waals surface area (Å²) in [4.78, 5) is 30.0. The van der Waals surface area contributed by atoms with Crippen molar-refractivity contribution in [1.29, 1.82) is 0 Å². The summed E-state index contributed by atoms with van der Waals surface area (Å²) in [5.74, 6) is -1.00. The van der Waals surface area contributed by atoms with E-state index >= 15 is 4.39 Å². The highest BCUT2D eigenvalue weighted by Gasteiger charge is 2.35. The normalized spacial score (nSPS) is 14.1. The first-order valence-corrected chi connectivity index (χ1v) is 17.9. The highest BCUT2D eigenvalue weighted by molar-refractivity contribution is 7.92. The van der Waals surface area contributed by atoms with Crippen LogP contribution >= 0.6 is 0 Å². The SMILES string of the molecule is CCOc1ccc(S(=O)(=O)N(CC(=O)N(Cc2ccccc2F)[C@H](Cc2ccccc2)C(=O)NC2CCCCC2)c2ccccc2)cc1. The smallest absolute Gasteiger partial charge is 0.264 e. The van der Waals surface area contributed by atoms with Gasteiger partial charge in [0.1, 0.15) is 24.2 Å². The predicted octanol–water partition coefficient (Wildman–Crippen LogP) is 6.51. The number of carbonyl (C=O) groups is 2. The monoisotopic (exact) mass is 671 g/mol. The average Bonchev–Trinajstić information content (AvgIpc) is 3.11. The Morgan fingerprint density at radius 3 is 2.12 bits per heavy atom. The molecule has 0 unspecified atom stereocenters. The van der Waals surface area contributed by atoms with Gasteiger partial charge in [0, 0.05) is 24.6 Å². The van der Waals surface area contributed by atoms with Crippen LogP contribution in [0.1, 0.15) is 50.2 Å². The van der Waals surface area contributed by atoms with E-state index < -0.39 is 34.3 Å². The minimum Gasteiger partial charge on any atom is -0.494 e. The van der Waals surface area contributed by atoms with E-state index in [1.807, 2.05) is 37.3 Å². The number of nitrogens with one attached hydrogen (secondary N) is 1. The van der Waals surface area contributed by atoms with Gasteiger partial charge >= 0.3 is 0 Å². The van der Waals surface area contributed by atoms with Gasteiger partial charge in [-0.1, -0.05) is 86.0 Å². The van der Waals surface area contributed by atoms with Gasteiger partial charge < -0.3 is 15.0 Å². The lowest BCUT2D eigenvalue weighted by Crippen LogP contribution is -2.55. The van der Waals surface area contributed by atoms with Crippen molar-refractivity contribution >= 4 is 27.5 Å². The maximum Gasteiger partial charge on any atom is 0.264 e. The fourth-order valence-corrected chi connectivity index (χ4v) is 7.45. The first-order chi connectivity index (χ1) is 23.3. The number of hydrogen-bond acceptors (Lipinski definition) is 5. The number of ether oxygens (including phenoxy) is 1. The molecule has 2 amide bonds. The van der Waals surface area contributed by atoms with Gasteiger partial charge in [0.05, 0.1) is 17.2 Å². The molecule has 1 saturated carbocycles. The molecule has 48 heavy (non-hydrogen) atoms. The molecule has 0 aromatic heterocycles. The van der Waals surface area contributed by atoms with Crippen LogP contribution in [0.3, 0.4) is 0 Å². The van der Waals surface area contributed by atoms with Crippen LogP contribution < -0.4 is 14.4 Å². The molecular formula is C38H42FN3O5S. The van der Waals surface area contributed by atoms with Gasteiger partial charge in [-0.2, -0.15) is 0 Å². The van der Waals surface area contributed by atoms with Crippen LogP contribution in [-0.4, -0.2) is 50.4 Å². The number of amides is 2. The van der Waals surface area contributed by atoms with E-state index in [9.17, 15) is 18.0 Å². The Labute approximate surface area is 282 Å². The molecule has 8 nitrogen and oxygen atoms in total. The topological polar surface area (TPSA) is 96.0 Å². The predicted molar refractivity (Wildman–Crippen MR) is 184 cm³/mol. The molecule has 0 heterocycles. The van der Waals surface area contributed by atoms with Crippen molar-refractivity contribution in [3.05, 3.63) is 126 Å². The van der Waals surface area contributed by atoms with Crippen molar-refractivity contribution in [3.63, 3.8) is 0 Å². The lowest BCUT2D eigenvalue weighted by atomic mass is 9.94. The lowest BCUT2D eigenvalue weighted by Gasteiger charge is -2.35. The first kappa shape index (κ1) is 34.6. The number of anilines is 1. The molecule has 1 atom stereocenters. The summed E-state index contributed by atoms with van der Waals surface area (Å²) in [6.45, 7) is 1.41. The van der Waals surface area contributed by atoms with E-state index in [4.69, 9.17) is 4.74 Å². The summed E-state index contributed by atoms with van der Waals surface area (Å²) >= 11 is 0. The molecule has 0 aliphatic heterocycles. The maximum absolute atomic E-state index is 15.1. The number of halogens is 1. The molecular weight excluding hydrogens is 629 g/mol. The second kappa shape index (κ2) is 16.4. The Kier molecular flexibility index (Phi) is 11.8. The number of sulfonamides is 1. The van der Waals surface area contributed by atoms with Gasteiger partial charge in [-0.15, -0.1) is 0 Å². The molecule has 0 bridgehead atoms. The molecule has 5 rings (SSSR count). The molecule has 1 N–H and O–H groups in total. The number of nitrogens with zero attached hydrogens (tertiary/aromatic N) is 2. The van der Waals surface area contributed by atoms with Crippen LogP contribution in [0, 0.1) is 5.82 Å². The van der Waals surface area contributed by atoms with Gasteiger partial charge in [-0.25, -0.2) is 12.8 Å². The van der Waals surface area contributed by atoms with Crippen molar-refractivity contribution in [3.8, 4) is 5.75 Å². The van der Waals surface area contributed by atoms with Gasteiger partial charge in [0.2, 0.25) is 11.8 Å². The Bertz CT molecular complexity index is 1750. The molecule has 1 aliphatic carbocycles. The highest BCUT2D eigenvalue weighted by Crippen LogP contribution is 2.27. The summed E-state index contributed by atoms with van der Waals surface area (Å²) in [5.41, 5.74) is 1.31. The molecule has 0 radical (unpaired) electrons. The Morgan fingerprint density at radius 2 is 1.48 bits per heavy atom. The van der Waals surface area contributed by atoms with Crippen LogP contribution in [0.25, 0.3) is 0 Å². The number of para-hydroxylation sites is 1. The third kappa shape index (κ3) is 8.80. The van der Waals surface area contributed by atoms with Gasteiger partial charge in [-0.3, -0.25) is 13.9 Å². The Balaban J connectivity index is 1.54. The number of benzene rings is 4. The summed E-state index contributed by atoms with van der Waals surface area (Å²) in [6, 6.07) is 28.7. The second-order valence-electron chi connectivity index (χ2n) is 11.9. The van der Waals surface area contributed by atoms with E-state index in [0.717, 1.165) is 42.0 Å². The molecule has 4 aromatic carbocycles. The molecule has 4 aromatic rings. The summed E-state index contributed by atoms with van der Waals surface area (Å²) < 4.78 is 50.1. The van der Waals surface area contributed by atoms with Crippen molar-refractivity contribution in [2.45, 2.75) is 69.0 Å². The zero-order chi connectivity index (χ0) is 33.9. The minimum atomic E-state index is -4.27. The van der Waals surface area contributed by atoms with Gasteiger partial charge in [-0.05, 0) is 67.8 Å². The van der Waals surface area contributed by atoms with E-state index in [-0.39, 0.29) is 41.1 Å². The number of carbonyl (C=O) groups excluding carboxylic acids is 2. The summed E-state index contributed by atoms with van der Waals surface area (Å²) in [7, 11) is -4.27. The Morgan fingerprint density at radius 1 is 0.854 bits per heavy atom. The highest BCUT2D eigenvalue weighted by atomic mass is 32.2. The van der Waals surface area contributed by atoms with Crippen molar-refractivity contribution < 1.29 is 27.1 Å². The quantitative estimate of drug-likeness (QED) is 0.165. The third-order valence-electron chi connectivity index (χ3n) is 8.57. The lowest BCUT2D eigenvalue weighted by molar-refractivity contribution is -0.140. The van der Waals surface area contributed by atoms with Crippen LogP contribution in [0.2, 0.25) is 0 Å². The zero-order valence-corrected chi connectivity index (χ0v) is 27.9. The summed E-state index contributed by atoms with van der Waals surface area (Å²) in [6.07, 6.45) is 4.95. The van der Waals surface area contributed by atoms with E-state index in [0.29, 0.717) is 12.4 Å². The fourth-order valence-electron chi connectivity index (χ4n) is 6.03. The van der Waals surface area contributed by atoms with E-state index in [1.54, 1.807) is 60.7 Å². The molecule has 0 spiro atoms. The van der Waals surface area contributed by atoms with Crippen LogP contribution in [0.5, 0.6) is 5.75 Å². The van der Waals surface area contributed by atoms with Gasteiger partial charge in [0.25, 0.3) is 10.0 Å². The molecule has 10 heteroatoms. The van der Waals surface area contributed by atoms with E-state index in [1.165, 1.54) is 23.1 Å². The second-order valence-corrected chi connectivity index (χ2v) is 13.8. The minimum absolute atomic E-state index is 0.0286. The Hall–Kier alpha value is -4.70. The molecule has 0 saturated heterocycles. The summed E-state index contributed by atoms with van der Waals surface area (Å²) in [5, 5.41) is 3.16. The van der Waals surface area contributed by atoms with Crippen molar-refractivity contribution in [2.24, 2.45) is 0 Å². The fraction of sp³-hybridized carbons (Fsp3) is 0.316. The average molecular weight is 672 g/mol. The van der Waals surface area contributed by atoms with Crippen molar-refractivity contribution in [2.75, 3.05) is 17.5 Å². The standard InChI is InChI=1S/C38H42FN3O5S/c1-2-47-33-22-24-34(25-23-33)48(45,46)42(32-19-10-5-11-20-32)28-37(43)41(27-30-16-12-13-21-35(30)39)36(26-29-14-6-3-7-15-29)38(44)40-31-17-8-4-9-18-31/h3,5-7,10-16,19-25,31,36H,2,4,8-9,17-18,26-28H2,1H3,(H,40,44)/t36-/m1/s1. The molecule has 1 aliphatic rings. The maximum atomic E-state index is 15.1. The molecule has 1 fully saturated rings. The molecule has 252 valence electrons. The third-order valence-corrected chi connectivity index (χ3v) is 10.4. The van der Waals surface area contributed by atoms with Crippen LogP contribution in [-0.2, 0) is 32.6 Å². The largest absolute Gasteiger partial charge is 0.494 e. The number of hydrogen-bond donors (Lipinski definition) is 1. The van der Waals surface area contributed by atoms with Crippen LogP contribution in [0.15, 0.2) is 114 Å². The van der Waals surface area contributed by atoms with Crippen molar-refractivity contribution in [1.82, 2.24) is 10.2 Å². The van der Waals surface area contributed by atoms with Crippen LogP contribution in [0.4, 0.5) is 10.1 Å². The van der Waals surface area contributed by atoms with E-state index in [2.05, 4.69) is 5.32 Å².